The number of fused-ring (bicyclic) bond motifs is 1. The van der Waals surface area contributed by atoms with Crippen molar-refractivity contribution in [3.05, 3.63) is 11.6 Å². The lowest BCUT2D eigenvalue weighted by molar-refractivity contribution is -0.167. The van der Waals surface area contributed by atoms with Crippen molar-refractivity contribution >= 4 is 5.97 Å². The molecular formula is C19H28O4. The third kappa shape index (κ3) is 3.18. The number of hydrogen-bond donors (Lipinski definition) is 2. The largest absolute Gasteiger partial charge is 0.481 e. The van der Waals surface area contributed by atoms with Crippen LogP contribution in [0.15, 0.2) is 11.6 Å². The Labute approximate surface area is 138 Å². The van der Waals surface area contributed by atoms with Crippen molar-refractivity contribution in [2.24, 2.45) is 17.8 Å². The topological polar surface area (TPSA) is 66.8 Å². The summed E-state index contributed by atoms with van der Waals surface area (Å²) in [5, 5.41) is 19.2. The van der Waals surface area contributed by atoms with Crippen LogP contribution in [0.2, 0.25) is 0 Å². The Bertz CT molecular complexity index is 504. The first-order valence-electron chi connectivity index (χ1n) is 8.63. The molecule has 2 aliphatic rings. The standard InChI is InChI=1S/C19H28O4/c1-4-6-8-14-15(9-7-10-17(21)22)19(23-3)12-11-16(20)13(5-2)18(14)19/h2,9,13-14,16,18,20H,4,6-8,10-12H2,1,3H3,(H,21,22). The van der Waals surface area contributed by atoms with E-state index in [0.29, 0.717) is 18.8 Å². The van der Waals surface area contributed by atoms with E-state index < -0.39 is 17.7 Å². The number of carboxylic acid groups (broad SMARTS) is 1. The Morgan fingerprint density at radius 1 is 1.57 bits per heavy atom. The van der Waals surface area contributed by atoms with Crippen molar-refractivity contribution < 1.29 is 19.7 Å². The fraction of sp³-hybridized carbons (Fsp3) is 0.737. The third-order valence-electron chi connectivity index (χ3n) is 5.62. The van der Waals surface area contributed by atoms with Crippen LogP contribution < -0.4 is 0 Å². The molecule has 0 saturated heterocycles. The molecule has 0 spiro atoms. The number of carbonyl (C=O) groups is 1. The fourth-order valence-electron chi connectivity index (χ4n) is 4.57. The molecule has 5 atom stereocenters. The number of hydrogen-bond acceptors (Lipinski definition) is 3. The van der Waals surface area contributed by atoms with Crippen LogP contribution in [-0.2, 0) is 9.53 Å². The summed E-state index contributed by atoms with van der Waals surface area (Å²) < 4.78 is 5.92. The van der Waals surface area contributed by atoms with Crippen molar-refractivity contribution in [3.63, 3.8) is 0 Å². The van der Waals surface area contributed by atoms with Crippen LogP contribution in [0.1, 0.15) is 51.9 Å². The highest BCUT2D eigenvalue weighted by molar-refractivity contribution is 5.66. The van der Waals surface area contributed by atoms with Gasteiger partial charge in [-0.15, -0.1) is 12.3 Å². The number of terminal acetylenes is 1. The molecule has 4 nitrogen and oxygen atoms in total. The van der Waals surface area contributed by atoms with Gasteiger partial charge in [-0.25, -0.2) is 0 Å². The first-order chi connectivity index (χ1) is 11.0. The van der Waals surface area contributed by atoms with Crippen LogP contribution in [0.25, 0.3) is 0 Å². The molecule has 2 aliphatic carbocycles. The third-order valence-corrected chi connectivity index (χ3v) is 5.62. The molecule has 2 rings (SSSR count). The second-order valence-corrected chi connectivity index (χ2v) is 6.76. The highest BCUT2D eigenvalue weighted by Gasteiger charge is 2.63. The van der Waals surface area contributed by atoms with Crippen LogP contribution in [-0.4, -0.2) is 35.0 Å². The molecule has 2 fully saturated rings. The lowest BCUT2D eigenvalue weighted by atomic mass is 9.47. The van der Waals surface area contributed by atoms with Gasteiger partial charge in [0.25, 0.3) is 0 Å². The molecule has 0 aliphatic heterocycles. The van der Waals surface area contributed by atoms with Gasteiger partial charge in [0.2, 0.25) is 0 Å². The summed E-state index contributed by atoms with van der Waals surface area (Å²) in [6.07, 6.45) is 12.6. The van der Waals surface area contributed by atoms with Crippen molar-refractivity contribution in [2.45, 2.75) is 63.6 Å². The average molecular weight is 320 g/mol. The molecule has 4 heteroatoms. The van der Waals surface area contributed by atoms with Crippen molar-refractivity contribution in [3.8, 4) is 12.3 Å². The van der Waals surface area contributed by atoms with E-state index in [0.717, 1.165) is 25.7 Å². The molecule has 128 valence electrons. The van der Waals surface area contributed by atoms with Gasteiger partial charge in [-0.05, 0) is 37.2 Å². The van der Waals surface area contributed by atoms with E-state index in [1.165, 1.54) is 5.57 Å². The Hall–Kier alpha value is -1.31. The summed E-state index contributed by atoms with van der Waals surface area (Å²) in [4.78, 5) is 10.8. The van der Waals surface area contributed by atoms with E-state index in [-0.39, 0.29) is 18.3 Å². The van der Waals surface area contributed by atoms with E-state index in [1.54, 1.807) is 7.11 Å². The van der Waals surface area contributed by atoms with Gasteiger partial charge < -0.3 is 14.9 Å². The van der Waals surface area contributed by atoms with E-state index in [4.69, 9.17) is 16.3 Å². The maximum Gasteiger partial charge on any atom is 0.303 e. The van der Waals surface area contributed by atoms with Gasteiger partial charge in [-0.2, -0.15) is 0 Å². The molecule has 0 amide bonds. The summed E-state index contributed by atoms with van der Waals surface area (Å²) in [5.41, 5.74) is 0.819. The van der Waals surface area contributed by atoms with E-state index >= 15 is 0 Å². The highest BCUT2D eigenvalue weighted by Crippen LogP contribution is 2.61. The molecule has 0 heterocycles. The van der Waals surface area contributed by atoms with Crippen molar-refractivity contribution in [2.75, 3.05) is 7.11 Å². The molecule has 23 heavy (non-hydrogen) atoms. The zero-order chi connectivity index (χ0) is 17.0. The van der Waals surface area contributed by atoms with Gasteiger partial charge in [0, 0.05) is 19.4 Å². The lowest BCUT2D eigenvalue weighted by Crippen LogP contribution is -2.64. The van der Waals surface area contributed by atoms with Crippen molar-refractivity contribution in [1.29, 1.82) is 0 Å². The van der Waals surface area contributed by atoms with Crippen molar-refractivity contribution in [1.82, 2.24) is 0 Å². The molecule has 5 unspecified atom stereocenters. The molecule has 0 aromatic heterocycles. The SMILES string of the molecule is C#CC1C(O)CCC2(OC)C(=CCCC(=O)O)C(CCCC)C12. The summed E-state index contributed by atoms with van der Waals surface area (Å²) in [5.74, 6) is 2.28. The highest BCUT2D eigenvalue weighted by atomic mass is 16.5. The number of rotatable bonds is 7. The van der Waals surface area contributed by atoms with Crippen LogP contribution in [0, 0.1) is 30.1 Å². The second kappa shape index (κ2) is 7.51. The van der Waals surface area contributed by atoms with Crippen LogP contribution in [0.4, 0.5) is 0 Å². The number of methoxy groups -OCH3 is 1. The number of allylic oxidation sites excluding steroid dienone is 1. The van der Waals surface area contributed by atoms with Crippen LogP contribution in [0.5, 0.6) is 0 Å². The molecule has 2 saturated carbocycles. The monoisotopic (exact) mass is 320 g/mol. The number of unbranched alkanes of at least 4 members (excludes halogenated alkanes) is 1. The maximum atomic E-state index is 10.8. The Balaban J connectivity index is 2.28. The van der Waals surface area contributed by atoms with Gasteiger partial charge in [-0.1, -0.05) is 25.8 Å². The smallest absolute Gasteiger partial charge is 0.303 e. The molecule has 2 N–H and O–H groups in total. The van der Waals surface area contributed by atoms with Gasteiger partial charge in [0.05, 0.1) is 17.6 Å². The Morgan fingerprint density at radius 2 is 2.30 bits per heavy atom. The Morgan fingerprint density at radius 3 is 2.87 bits per heavy atom. The average Bonchev–Trinajstić information content (AvgIpc) is 2.52. The second-order valence-electron chi connectivity index (χ2n) is 6.76. The fourth-order valence-corrected chi connectivity index (χ4v) is 4.57. The lowest BCUT2D eigenvalue weighted by Gasteiger charge is -2.62. The van der Waals surface area contributed by atoms with Crippen LogP contribution in [0.3, 0.4) is 0 Å². The molecule has 0 aromatic carbocycles. The first kappa shape index (κ1) is 18.0. The van der Waals surface area contributed by atoms with E-state index in [2.05, 4.69) is 18.9 Å². The zero-order valence-electron chi connectivity index (χ0n) is 14.1. The minimum absolute atomic E-state index is 0.135. The number of aliphatic hydroxyl groups is 1. The predicted octanol–water partition coefficient (Wildman–Crippen LogP) is 3.00. The van der Waals surface area contributed by atoms with Crippen LogP contribution >= 0.6 is 0 Å². The summed E-state index contributed by atoms with van der Waals surface area (Å²) >= 11 is 0. The normalized spacial score (nSPS) is 37.7. The summed E-state index contributed by atoms with van der Waals surface area (Å²) in [6, 6.07) is 0. The molecule has 0 bridgehead atoms. The van der Waals surface area contributed by atoms with Gasteiger partial charge in [0.1, 0.15) is 0 Å². The molecule has 0 radical (unpaired) electrons. The number of aliphatic hydroxyl groups excluding tert-OH is 1. The first-order valence-corrected chi connectivity index (χ1v) is 8.63. The zero-order valence-corrected chi connectivity index (χ0v) is 14.1. The molecular weight excluding hydrogens is 292 g/mol. The molecule has 0 aromatic rings. The summed E-state index contributed by atoms with van der Waals surface area (Å²) in [7, 11) is 1.71. The Kier molecular flexibility index (Phi) is 5.89. The number of carboxylic acids is 1. The van der Waals surface area contributed by atoms with E-state index in [9.17, 15) is 9.90 Å². The van der Waals surface area contributed by atoms with Gasteiger partial charge in [0.15, 0.2) is 0 Å². The number of aliphatic carboxylic acids is 1. The number of ether oxygens (including phenoxy) is 1. The van der Waals surface area contributed by atoms with Gasteiger partial charge >= 0.3 is 5.97 Å². The predicted molar refractivity (Wildman–Crippen MR) is 88.8 cm³/mol. The minimum Gasteiger partial charge on any atom is -0.481 e. The van der Waals surface area contributed by atoms with E-state index in [1.807, 2.05) is 0 Å². The van der Waals surface area contributed by atoms with Gasteiger partial charge in [-0.3, -0.25) is 4.79 Å². The maximum absolute atomic E-state index is 10.8. The summed E-state index contributed by atoms with van der Waals surface area (Å²) in [6.45, 7) is 2.16. The minimum atomic E-state index is -0.783. The quantitative estimate of drug-likeness (QED) is 0.559.